The maximum atomic E-state index is 12.8. The number of nitrogens with zero attached hydrogens (tertiary/aromatic N) is 1. The molecular weight excluding hydrogens is 526 g/mol. The molecule has 0 spiro atoms. The van der Waals surface area contributed by atoms with E-state index in [0.29, 0.717) is 16.3 Å². The number of halogens is 1. The van der Waals surface area contributed by atoms with E-state index in [0.717, 1.165) is 16.7 Å². The van der Waals surface area contributed by atoms with Crippen molar-refractivity contribution in [2.24, 2.45) is 0 Å². The normalized spacial score (nSPS) is 14.8. The Labute approximate surface area is 217 Å². The maximum Gasteiger partial charge on any atom is 0.339 e. The predicted molar refractivity (Wildman–Crippen MR) is 137 cm³/mol. The average molecular weight is 546 g/mol. The minimum Gasteiger partial charge on any atom is -0.493 e. The summed E-state index contributed by atoms with van der Waals surface area (Å²) in [6.07, 6.45) is 1.53. The van der Waals surface area contributed by atoms with Gasteiger partial charge < -0.3 is 13.7 Å². The van der Waals surface area contributed by atoms with Crippen molar-refractivity contribution in [1.29, 1.82) is 0 Å². The third-order valence-corrected chi connectivity index (χ3v) is 7.40. The number of thioether (sulfide) groups is 1. The Morgan fingerprint density at radius 2 is 1.69 bits per heavy atom. The summed E-state index contributed by atoms with van der Waals surface area (Å²) in [5.74, 6) is 0.311. The second kappa shape index (κ2) is 11.1. The predicted octanol–water partition coefficient (Wildman–Crippen LogP) is 5.23. The molecule has 0 unspecified atom stereocenters. The number of hydrogen-bond acceptors (Lipinski definition) is 8. The minimum absolute atomic E-state index is 0.0317. The van der Waals surface area contributed by atoms with Crippen molar-refractivity contribution >= 4 is 50.7 Å². The highest BCUT2D eigenvalue weighted by Gasteiger charge is 2.34. The number of amides is 2. The first-order valence-corrected chi connectivity index (χ1v) is 13.2. The summed E-state index contributed by atoms with van der Waals surface area (Å²) in [5, 5.41) is -0.00657. The molecule has 0 radical (unpaired) electrons. The van der Waals surface area contributed by atoms with Crippen LogP contribution in [0.15, 0.2) is 82.6 Å². The molecular formula is C25H20ClNO7S2. The molecule has 1 aliphatic rings. The van der Waals surface area contributed by atoms with Crippen molar-refractivity contribution in [3.8, 4) is 17.2 Å². The Bertz CT molecular complexity index is 1410. The fourth-order valence-electron chi connectivity index (χ4n) is 3.23. The van der Waals surface area contributed by atoms with Gasteiger partial charge in [-0.2, -0.15) is 8.42 Å². The molecule has 0 aromatic heterocycles. The third kappa shape index (κ3) is 6.01. The summed E-state index contributed by atoms with van der Waals surface area (Å²) in [6, 6.07) is 19.1. The van der Waals surface area contributed by atoms with E-state index in [1.165, 1.54) is 49.6 Å². The van der Waals surface area contributed by atoms with E-state index in [9.17, 15) is 18.0 Å². The molecule has 0 saturated carbocycles. The van der Waals surface area contributed by atoms with Crippen LogP contribution in [0, 0.1) is 0 Å². The molecule has 1 aliphatic heterocycles. The lowest BCUT2D eigenvalue weighted by Gasteiger charge is -2.13. The van der Waals surface area contributed by atoms with Gasteiger partial charge in [0.2, 0.25) is 0 Å². The number of benzene rings is 3. The zero-order chi connectivity index (χ0) is 25.7. The lowest BCUT2D eigenvalue weighted by atomic mass is 10.2. The van der Waals surface area contributed by atoms with E-state index in [4.69, 9.17) is 25.3 Å². The van der Waals surface area contributed by atoms with Gasteiger partial charge in [-0.05, 0) is 71.9 Å². The summed E-state index contributed by atoms with van der Waals surface area (Å²) in [4.78, 5) is 26.4. The molecule has 1 heterocycles. The van der Waals surface area contributed by atoms with Gasteiger partial charge in [-0.25, -0.2) is 0 Å². The number of para-hydroxylation sites is 1. The molecule has 1 saturated heterocycles. The van der Waals surface area contributed by atoms with Gasteiger partial charge in [-0.3, -0.25) is 14.5 Å². The molecule has 3 aromatic carbocycles. The number of imide groups is 1. The second-order valence-corrected chi connectivity index (χ2v) is 10.4. The number of carbonyl (C=O) groups excluding carboxylic acids is 2. The lowest BCUT2D eigenvalue weighted by molar-refractivity contribution is -0.123. The highest BCUT2D eigenvalue weighted by molar-refractivity contribution is 8.18. The van der Waals surface area contributed by atoms with Crippen molar-refractivity contribution < 1.29 is 31.7 Å². The Morgan fingerprint density at radius 1 is 0.972 bits per heavy atom. The number of rotatable bonds is 9. The molecule has 0 N–H and O–H groups in total. The van der Waals surface area contributed by atoms with E-state index >= 15 is 0 Å². The van der Waals surface area contributed by atoms with E-state index in [-0.39, 0.29) is 34.5 Å². The first-order valence-electron chi connectivity index (χ1n) is 10.6. The molecule has 8 nitrogen and oxygen atoms in total. The van der Waals surface area contributed by atoms with Gasteiger partial charge >= 0.3 is 10.1 Å². The van der Waals surface area contributed by atoms with Crippen LogP contribution in [-0.2, 0) is 14.9 Å². The smallest absolute Gasteiger partial charge is 0.339 e. The van der Waals surface area contributed by atoms with Crippen LogP contribution in [0.5, 0.6) is 17.2 Å². The topological polar surface area (TPSA) is 99.2 Å². The molecule has 4 rings (SSSR count). The van der Waals surface area contributed by atoms with Gasteiger partial charge in [-0.1, -0.05) is 35.9 Å². The Balaban J connectivity index is 1.46. The monoisotopic (exact) mass is 545 g/mol. The first kappa shape index (κ1) is 25.6. The van der Waals surface area contributed by atoms with Crippen molar-refractivity contribution in [2.45, 2.75) is 4.90 Å². The molecule has 3 aromatic rings. The molecule has 36 heavy (non-hydrogen) atoms. The van der Waals surface area contributed by atoms with Crippen LogP contribution in [0.4, 0.5) is 4.79 Å². The van der Waals surface area contributed by atoms with E-state index < -0.39 is 21.3 Å². The highest BCUT2D eigenvalue weighted by Crippen LogP contribution is 2.35. The quantitative estimate of drug-likeness (QED) is 0.266. The summed E-state index contributed by atoms with van der Waals surface area (Å²) in [5.41, 5.74) is 0.522. The molecule has 186 valence electrons. The van der Waals surface area contributed by atoms with Crippen LogP contribution in [-0.4, -0.2) is 44.7 Å². The number of hydrogen-bond donors (Lipinski definition) is 0. The molecule has 0 atom stereocenters. The van der Waals surface area contributed by atoms with Crippen LogP contribution in [0.3, 0.4) is 0 Å². The molecule has 2 amide bonds. The van der Waals surface area contributed by atoms with Crippen LogP contribution >= 0.6 is 23.4 Å². The van der Waals surface area contributed by atoms with Crippen LogP contribution in [0.1, 0.15) is 5.56 Å². The SMILES string of the molecule is COc1cc(/C=C2\SC(=O)N(CCOc3ccccc3)C2=O)ccc1OS(=O)(=O)c1ccc(Cl)cc1. The number of methoxy groups -OCH3 is 1. The van der Waals surface area contributed by atoms with Crippen molar-refractivity contribution in [2.75, 3.05) is 20.3 Å². The molecule has 0 aliphatic carbocycles. The van der Waals surface area contributed by atoms with Gasteiger partial charge in [0, 0.05) is 5.02 Å². The summed E-state index contributed by atoms with van der Waals surface area (Å²) >= 11 is 6.63. The fraction of sp³-hybridized carbons (Fsp3) is 0.120. The molecule has 1 fully saturated rings. The second-order valence-electron chi connectivity index (χ2n) is 7.40. The van der Waals surface area contributed by atoms with E-state index in [2.05, 4.69) is 0 Å². The summed E-state index contributed by atoms with van der Waals surface area (Å²) in [7, 11) is -2.76. The van der Waals surface area contributed by atoms with Crippen LogP contribution in [0.25, 0.3) is 6.08 Å². The Kier molecular flexibility index (Phi) is 7.88. The number of ether oxygens (including phenoxy) is 2. The highest BCUT2D eigenvalue weighted by atomic mass is 35.5. The van der Waals surface area contributed by atoms with Gasteiger partial charge in [0.1, 0.15) is 17.3 Å². The zero-order valence-electron chi connectivity index (χ0n) is 18.9. The van der Waals surface area contributed by atoms with Crippen molar-refractivity contribution in [3.05, 3.63) is 88.3 Å². The van der Waals surface area contributed by atoms with E-state index in [1.807, 2.05) is 18.2 Å². The molecule has 11 heteroatoms. The Morgan fingerprint density at radius 3 is 2.39 bits per heavy atom. The summed E-state index contributed by atoms with van der Waals surface area (Å²) < 4.78 is 41.3. The standard InChI is InChI=1S/C25H20ClNO7S2/c1-32-22-15-17(7-12-21(22)34-36(30,31)20-10-8-18(26)9-11-20)16-23-24(28)27(25(29)35-23)13-14-33-19-5-3-2-4-6-19/h2-12,15-16H,13-14H2,1H3/b23-16-. The zero-order valence-corrected chi connectivity index (χ0v) is 21.3. The number of carbonyl (C=O) groups is 2. The van der Waals surface area contributed by atoms with Crippen molar-refractivity contribution in [3.63, 3.8) is 0 Å². The lowest BCUT2D eigenvalue weighted by Crippen LogP contribution is -2.32. The third-order valence-electron chi connectivity index (χ3n) is 4.99. The van der Waals surface area contributed by atoms with Gasteiger partial charge in [0.15, 0.2) is 11.5 Å². The summed E-state index contributed by atoms with van der Waals surface area (Å²) in [6.45, 7) is 0.271. The maximum absolute atomic E-state index is 12.8. The van der Waals surface area contributed by atoms with Crippen molar-refractivity contribution in [1.82, 2.24) is 4.90 Å². The van der Waals surface area contributed by atoms with Crippen LogP contribution < -0.4 is 13.7 Å². The average Bonchev–Trinajstić information content (AvgIpc) is 3.13. The fourth-order valence-corrected chi connectivity index (χ4v) is 5.16. The van der Waals surface area contributed by atoms with E-state index in [1.54, 1.807) is 18.2 Å². The molecule has 0 bridgehead atoms. The minimum atomic E-state index is -4.13. The van der Waals surface area contributed by atoms with Crippen LogP contribution in [0.2, 0.25) is 5.02 Å². The van der Waals surface area contributed by atoms with Gasteiger partial charge in [-0.15, -0.1) is 0 Å². The first-order chi connectivity index (χ1) is 17.3. The Hall–Kier alpha value is -3.47. The van der Waals surface area contributed by atoms with Gasteiger partial charge in [0.05, 0.1) is 18.6 Å². The largest absolute Gasteiger partial charge is 0.493 e. The van der Waals surface area contributed by atoms with Gasteiger partial charge in [0.25, 0.3) is 11.1 Å².